The van der Waals surface area contributed by atoms with Gasteiger partial charge < -0.3 is 4.74 Å². The topological polar surface area (TPSA) is 32.4 Å². The van der Waals surface area contributed by atoms with Gasteiger partial charge in [0.15, 0.2) is 0 Å². The molecular formula is C23H46NO2. The first-order valence-electron chi connectivity index (χ1n) is 11.3. The van der Waals surface area contributed by atoms with Gasteiger partial charge in [-0.15, -0.1) is 10.3 Å². The molecule has 1 saturated heterocycles. The smallest absolute Gasteiger partial charge is 0.0468 e. The number of hydrogen-bond acceptors (Lipinski definition) is 2. The summed E-state index contributed by atoms with van der Waals surface area (Å²) in [5, 5.41) is 13.7. The van der Waals surface area contributed by atoms with Gasteiger partial charge >= 0.3 is 0 Å². The molecular weight excluding hydrogens is 322 g/mol. The third-order valence-corrected chi connectivity index (χ3v) is 5.99. The Hall–Kier alpha value is -0.120. The van der Waals surface area contributed by atoms with Crippen molar-refractivity contribution in [3.8, 4) is 0 Å². The molecule has 0 atom stereocenters. The second kappa shape index (κ2) is 12.4. The second-order valence-corrected chi connectivity index (χ2v) is 9.78. The van der Waals surface area contributed by atoms with Gasteiger partial charge in [-0.05, 0) is 59.3 Å². The van der Waals surface area contributed by atoms with Crippen molar-refractivity contribution in [2.75, 3.05) is 13.2 Å². The van der Waals surface area contributed by atoms with E-state index in [4.69, 9.17) is 4.74 Å². The van der Waals surface area contributed by atoms with E-state index >= 15 is 0 Å². The van der Waals surface area contributed by atoms with Crippen LogP contribution in [0.5, 0.6) is 0 Å². The van der Waals surface area contributed by atoms with Crippen molar-refractivity contribution in [1.82, 2.24) is 5.06 Å². The molecule has 1 radical (unpaired) electrons. The Morgan fingerprint density at radius 2 is 1.23 bits per heavy atom. The first-order valence-corrected chi connectivity index (χ1v) is 11.3. The van der Waals surface area contributed by atoms with Crippen molar-refractivity contribution in [2.45, 2.75) is 129 Å². The fourth-order valence-corrected chi connectivity index (χ4v) is 4.72. The number of hydrogen-bond donors (Lipinski definition) is 0. The quantitative estimate of drug-likeness (QED) is 0.311. The minimum absolute atomic E-state index is 0.247. The molecule has 0 N–H and O–H groups in total. The van der Waals surface area contributed by atoms with E-state index in [2.05, 4.69) is 34.6 Å². The highest BCUT2D eigenvalue weighted by Crippen LogP contribution is 2.41. The summed E-state index contributed by atoms with van der Waals surface area (Å²) < 4.78 is 5.88. The van der Waals surface area contributed by atoms with Gasteiger partial charge in [-0.1, -0.05) is 64.7 Å². The number of hydroxylamine groups is 2. The molecule has 1 rings (SSSR count). The Bertz CT molecular complexity index is 336. The molecule has 0 aromatic heterocycles. The van der Waals surface area contributed by atoms with Crippen molar-refractivity contribution < 1.29 is 9.94 Å². The average molecular weight is 369 g/mol. The molecule has 155 valence electrons. The lowest BCUT2D eigenvalue weighted by molar-refractivity contribution is -0.294. The van der Waals surface area contributed by atoms with Crippen LogP contribution in [-0.4, -0.2) is 29.4 Å². The van der Waals surface area contributed by atoms with Crippen LogP contribution in [0.1, 0.15) is 118 Å². The molecule has 1 heterocycles. The Morgan fingerprint density at radius 3 is 1.73 bits per heavy atom. The summed E-state index contributed by atoms with van der Waals surface area (Å²) in [6.45, 7) is 12.4. The van der Waals surface area contributed by atoms with Gasteiger partial charge in [0, 0.05) is 24.3 Å². The van der Waals surface area contributed by atoms with Crippen LogP contribution in [0.15, 0.2) is 0 Å². The summed E-state index contributed by atoms with van der Waals surface area (Å²) >= 11 is 0. The van der Waals surface area contributed by atoms with Crippen LogP contribution in [0.4, 0.5) is 0 Å². The minimum atomic E-state index is -0.247. The molecule has 3 nitrogen and oxygen atoms in total. The summed E-state index contributed by atoms with van der Waals surface area (Å²) in [6.07, 6.45) is 16.8. The lowest BCUT2D eigenvalue weighted by Crippen LogP contribution is -2.58. The largest absolute Gasteiger partial charge is 0.381 e. The molecule has 0 spiro atoms. The summed E-state index contributed by atoms with van der Waals surface area (Å²) in [5.74, 6) is 0.609. The van der Waals surface area contributed by atoms with Crippen LogP contribution in [0.25, 0.3) is 0 Å². The van der Waals surface area contributed by atoms with Crippen LogP contribution in [0, 0.1) is 5.92 Å². The van der Waals surface area contributed by atoms with E-state index in [9.17, 15) is 5.21 Å². The fourth-order valence-electron chi connectivity index (χ4n) is 4.72. The van der Waals surface area contributed by atoms with E-state index in [1.165, 1.54) is 69.3 Å². The zero-order valence-electron chi connectivity index (χ0n) is 18.4. The van der Waals surface area contributed by atoms with Gasteiger partial charge in [0.05, 0.1) is 0 Å². The van der Waals surface area contributed by atoms with Crippen LogP contribution in [0.2, 0.25) is 0 Å². The Balaban J connectivity index is 1.96. The maximum Gasteiger partial charge on any atom is 0.0468 e. The zero-order chi connectivity index (χ0) is 19.5. The van der Waals surface area contributed by atoms with Crippen molar-refractivity contribution in [2.24, 2.45) is 5.92 Å². The van der Waals surface area contributed by atoms with Crippen molar-refractivity contribution in [3.05, 3.63) is 0 Å². The normalized spacial score (nSPS) is 20.5. The maximum absolute atomic E-state index is 12.4. The van der Waals surface area contributed by atoms with Crippen LogP contribution in [-0.2, 0) is 9.94 Å². The SMILES string of the molecule is CCCCCCCCCCCCOCCC1CC(C)(C)N([O])C(C)(C)C1. The Labute approximate surface area is 163 Å². The molecule has 0 amide bonds. The molecule has 26 heavy (non-hydrogen) atoms. The number of ether oxygens (including phenoxy) is 1. The van der Waals surface area contributed by atoms with Gasteiger partial charge in [-0.3, -0.25) is 0 Å². The third-order valence-electron chi connectivity index (χ3n) is 5.99. The molecule has 1 fully saturated rings. The molecule has 0 aromatic carbocycles. The van der Waals surface area contributed by atoms with Gasteiger partial charge in [0.25, 0.3) is 0 Å². The zero-order valence-corrected chi connectivity index (χ0v) is 18.4. The Morgan fingerprint density at radius 1 is 0.769 bits per heavy atom. The molecule has 1 aliphatic rings. The van der Waals surface area contributed by atoms with Crippen LogP contribution < -0.4 is 0 Å². The van der Waals surface area contributed by atoms with E-state index in [0.717, 1.165) is 32.5 Å². The van der Waals surface area contributed by atoms with Gasteiger partial charge in [0.2, 0.25) is 0 Å². The van der Waals surface area contributed by atoms with Crippen molar-refractivity contribution >= 4 is 0 Å². The number of rotatable bonds is 14. The van der Waals surface area contributed by atoms with E-state index in [1.54, 1.807) is 0 Å². The maximum atomic E-state index is 12.4. The predicted octanol–water partition coefficient (Wildman–Crippen LogP) is 6.93. The Kier molecular flexibility index (Phi) is 11.4. The van der Waals surface area contributed by atoms with E-state index in [-0.39, 0.29) is 11.1 Å². The second-order valence-electron chi connectivity index (χ2n) is 9.78. The highest BCUT2D eigenvalue weighted by Gasteiger charge is 2.45. The number of unbranched alkanes of at least 4 members (excludes halogenated alkanes) is 9. The summed E-state index contributed by atoms with van der Waals surface area (Å²) in [4.78, 5) is 0. The molecule has 0 aromatic rings. The fraction of sp³-hybridized carbons (Fsp3) is 1.00. The van der Waals surface area contributed by atoms with Gasteiger partial charge in [0.1, 0.15) is 0 Å². The van der Waals surface area contributed by atoms with Crippen molar-refractivity contribution in [1.29, 1.82) is 0 Å². The van der Waals surface area contributed by atoms with Crippen molar-refractivity contribution in [3.63, 3.8) is 0 Å². The molecule has 3 heteroatoms. The van der Waals surface area contributed by atoms with E-state index < -0.39 is 0 Å². The highest BCUT2D eigenvalue weighted by molar-refractivity contribution is 4.95. The average Bonchev–Trinajstić information content (AvgIpc) is 2.56. The first-order chi connectivity index (χ1) is 12.3. The molecule has 0 saturated carbocycles. The highest BCUT2D eigenvalue weighted by atomic mass is 16.5. The first kappa shape index (κ1) is 23.9. The van der Waals surface area contributed by atoms with Gasteiger partial charge in [-0.2, -0.15) is 0 Å². The lowest BCUT2D eigenvalue weighted by Gasteiger charge is -2.50. The third kappa shape index (κ3) is 9.19. The summed E-state index contributed by atoms with van der Waals surface area (Å²) in [7, 11) is 0. The molecule has 0 bridgehead atoms. The van der Waals surface area contributed by atoms with E-state index in [0.29, 0.717) is 5.92 Å². The minimum Gasteiger partial charge on any atom is -0.381 e. The molecule has 0 unspecified atom stereocenters. The van der Waals surface area contributed by atoms with Gasteiger partial charge in [-0.25, -0.2) is 0 Å². The summed E-state index contributed by atoms with van der Waals surface area (Å²) in [6, 6.07) is 0. The number of piperidine rings is 1. The predicted molar refractivity (Wildman–Crippen MR) is 111 cm³/mol. The number of nitrogens with zero attached hydrogens (tertiary/aromatic N) is 1. The molecule has 0 aliphatic carbocycles. The molecule has 1 aliphatic heterocycles. The standard InChI is InChI=1S/C23H46NO2/c1-6-7-8-9-10-11-12-13-14-15-17-26-18-16-21-19-22(2,3)24(25)23(4,5)20-21/h21H,6-20H2,1-5H3. The van der Waals surface area contributed by atoms with Crippen LogP contribution in [0.3, 0.4) is 0 Å². The lowest BCUT2D eigenvalue weighted by atomic mass is 9.74. The summed E-state index contributed by atoms with van der Waals surface area (Å²) in [5.41, 5.74) is -0.494. The van der Waals surface area contributed by atoms with E-state index in [1.807, 2.05) is 0 Å². The monoisotopic (exact) mass is 368 g/mol. The van der Waals surface area contributed by atoms with Crippen LogP contribution >= 0.6 is 0 Å².